The number of nitrogens with one attached hydrogen (secondary N) is 1. The van der Waals surface area contributed by atoms with Crippen molar-refractivity contribution in [2.75, 3.05) is 26.2 Å². The van der Waals surface area contributed by atoms with Crippen molar-refractivity contribution in [2.24, 2.45) is 11.8 Å². The molecule has 1 amide bonds. The average Bonchev–Trinajstić information content (AvgIpc) is 2.48. The van der Waals surface area contributed by atoms with Gasteiger partial charge in [0.1, 0.15) is 0 Å². The fraction of sp³-hybridized carbons (Fsp3) is 0.941. The topological polar surface area (TPSA) is 32.3 Å². The summed E-state index contributed by atoms with van der Waals surface area (Å²) in [6.45, 7) is 10.8. The lowest BCUT2D eigenvalue weighted by Gasteiger charge is -2.30. The summed E-state index contributed by atoms with van der Waals surface area (Å²) >= 11 is 0. The Hall–Kier alpha value is -0.280. The van der Waals surface area contributed by atoms with Crippen molar-refractivity contribution in [3.8, 4) is 0 Å². The molecule has 1 atom stereocenters. The van der Waals surface area contributed by atoms with Crippen LogP contribution in [0.4, 0.5) is 0 Å². The molecule has 21 heavy (non-hydrogen) atoms. The molecule has 1 fully saturated rings. The van der Waals surface area contributed by atoms with Gasteiger partial charge in [0, 0.05) is 19.5 Å². The fourth-order valence-corrected chi connectivity index (χ4v) is 3.04. The largest absolute Gasteiger partial charge is 0.343 e. The molecule has 1 N–H and O–H groups in total. The van der Waals surface area contributed by atoms with E-state index in [1.165, 1.54) is 25.7 Å². The number of halogens is 1. The van der Waals surface area contributed by atoms with Crippen LogP contribution in [0.2, 0.25) is 0 Å². The van der Waals surface area contributed by atoms with Crippen LogP contribution in [0.3, 0.4) is 0 Å². The zero-order valence-corrected chi connectivity index (χ0v) is 15.0. The molecule has 3 nitrogen and oxygen atoms in total. The minimum atomic E-state index is 0. The number of unbranched alkanes of at least 4 members (excludes halogenated alkanes) is 2. The summed E-state index contributed by atoms with van der Waals surface area (Å²) < 4.78 is 0. The van der Waals surface area contributed by atoms with Crippen molar-refractivity contribution >= 4 is 18.3 Å². The van der Waals surface area contributed by atoms with E-state index in [1.54, 1.807) is 0 Å². The Kier molecular flexibility index (Phi) is 12.1. The van der Waals surface area contributed by atoms with Crippen LogP contribution in [-0.2, 0) is 4.79 Å². The molecular weight excluding hydrogens is 284 g/mol. The molecule has 0 spiro atoms. The van der Waals surface area contributed by atoms with Gasteiger partial charge in [-0.05, 0) is 50.6 Å². The SMILES string of the molecule is CCCCN(CCCC)C(=O)CC(C)C1CCNCC1.Cl. The maximum absolute atomic E-state index is 12.5. The lowest BCUT2D eigenvalue weighted by molar-refractivity contribution is -0.132. The molecule has 0 radical (unpaired) electrons. The second-order valence-electron chi connectivity index (χ2n) is 6.36. The average molecular weight is 319 g/mol. The van der Waals surface area contributed by atoms with Gasteiger partial charge in [-0.25, -0.2) is 0 Å². The van der Waals surface area contributed by atoms with E-state index in [4.69, 9.17) is 0 Å². The molecule has 0 aromatic heterocycles. The van der Waals surface area contributed by atoms with E-state index in [9.17, 15) is 4.79 Å². The highest BCUT2D eigenvalue weighted by Crippen LogP contribution is 2.25. The summed E-state index contributed by atoms with van der Waals surface area (Å²) in [5.74, 6) is 1.66. The minimum Gasteiger partial charge on any atom is -0.343 e. The van der Waals surface area contributed by atoms with Crippen molar-refractivity contribution in [1.29, 1.82) is 0 Å². The van der Waals surface area contributed by atoms with Crippen molar-refractivity contribution in [3.05, 3.63) is 0 Å². The highest BCUT2D eigenvalue weighted by Gasteiger charge is 2.24. The second kappa shape index (κ2) is 12.3. The smallest absolute Gasteiger partial charge is 0.222 e. The number of rotatable bonds is 9. The number of carbonyl (C=O) groups excluding carboxylic acids is 1. The maximum atomic E-state index is 12.5. The molecule has 4 heteroatoms. The van der Waals surface area contributed by atoms with Crippen molar-refractivity contribution in [1.82, 2.24) is 10.2 Å². The summed E-state index contributed by atoms with van der Waals surface area (Å²) in [5.41, 5.74) is 0. The zero-order chi connectivity index (χ0) is 14.8. The standard InChI is InChI=1S/C17H34N2O.ClH/c1-4-6-12-19(13-7-5-2)17(20)14-15(3)16-8-10-18-11-9-16;/h15-16,18H,4-14H2,1-3H3;1H. The van der Waals surface area contributed by atoms with Crippen LogP contribution in [-0.4, -0.2) is 37.0 Å². The molecule has 0 aromatic carbocycles. The van der Waals surface area contributed by atoms with Gasteiger partial charge in [-0.15, -0.1) is 12.4 Å². The molecule has 0 bridgehead atoms. The number of hydrogen-bond donors (Lipinski definition) is 1. The van der Waals surface area contributed by atoms with Crippen LogP contribution in [0.5, 0.6) is 0 Å². The molecule has 1 rings (SSSR count). The molecule has 1 aliphatic rings. The third-order valence-electron chi connectivity index (χ3n) is 4.60. The van der Waals surface area contributed by atoms with Gasteiger partial charge in [-0.1, -0.05) is 33.6 Å². The van der Waals surface area contributed by atoms with Crippen LogP contribution in [0, 0.1) is 11.8 Å². The number of nitrogens with zero attached hydrogens (tertiary/aromatic N) is 1. The third kappa shape index (κ3) is 8.06. The van der Waals surface area contributed by atoms with Crippen LogP contribution in [0.1, 0.15) is 65.7 Å². The summed E-state index contributed by atoms with van der Waals surface area (Å²) in [4.78, 5) is 14.6. The highest BCUT2D eigenvalue weighted by atomic mass is 35.5. The molecule has 1 heterocycles. The first-order chi connectivity index (χ1) is 9.69. The van der Waals surface area contributed by atoms with Gasteiger partial charge in [0.25, 0.3) is 0 Å². The number of piperidine rings is 1. The van der Waals surface area contributed by atoms with Gasteiger partial charge in [-0.3, -0.25) is 4.79 Å². The minimum absolute atomic E-state index is 0. The first-order valence-corrected chi connectivity index (χ1v) is 8.67. The van der Waals surface area contributed by atoms with Crippen LogP contribution < -0.4 is 5.32 Å². The Morgan fingerprint density at radius 2 is 1.67 bits per heavy atom. The summed E-state index contributed by atoms with van der Waals surface area (Å²) in [5, 5.41) is 3.41. The molecule has 1 saturated heterocycles. The summed E-state index contributed by atoms with van der Waals surface area (Å²) in [6.07, 6.45) is 7.82. The van der Waals surface area contributed by atoms with Gasteiger partial charge in [0.05, 0.1) is 0 Å². The Morgan fingerprint density at radius 1 is 1.14 bits per heavy atom. The van der Waals surface area contributed by atoms with Gasteiger partial charge < -0.3 is 10.2 Å². The monoisotopic (exact) mass is 318 g/mol. The summed E-state index contributed by atoms with van der Waals surface area (Å²) in [7, 11) is 0. The molecule has 0 aliphatic carbocycles. The molecular formula is C17H35ClN2O. The normalized spacial score (nSPS) is 17.1. The second-order valence-corrected chi connectivity index (χ2v) is 6.36. The lowest BCUT2D eigenvalue weighted by atomic mass is 9.84. The van der Waals surface area contributed by atoms with Crippen molar-refractivity contribution in [3.63, 3.8) is 0 Å². The van der Waals surface area contributed by atoms with Crippen molar-refractivity contribution < 1.29 is 4.79 Å². The van der Waals surface area contributed by atoms with E-state index < -0.39 is 0 Å². The van der Waals surface area contributed by atoms with E-state index in [0.29, 0.717) is 11.8 Å². The number of carbonyl (C=O) groups is 1. The highest BCUT2D eigenvalue weighted by molar-refractivity contribution is 5.85. The third-order valence-corrected chi connectivity index (χ3v) is 4.60. The van der Waals surface area contributed by atoms with Crippen LogP contribution >= 0.6 is 12.4 Å². The van der Waals surface area contributed by atoms with Gasteiger partial charge >= 0.3 is 0 Å². The van der Waals surface area contributed by atoms with E-state index in [-0.39, 0.29) is 12.4 Å². The Labute approximate surface area is 137 Å². The van der Waals surface area contributed by atoms with Gasteiger partial charge in [0.2, 0.25) is 5.91 Å². The lowest BCUT2D eigenvalue weighted by Crippen LogP contribution is -2.36. The molecule has 0 aromatic rings. The maximum Gasteiger partial charge on any atom is 0.222 e. The molecule has 1 unspecified atom stereocenters. The number of amides is 1. The van der Waals surface area contributed by atoms with Gasteiger partial charge in [0.15, 0.2) is 0 Å². The molecule has 126 valence electrons. The Bertz CT molecular complexity index is 260. The zero-order valence-electron chi connectivity index (χ0n) is 14.2. The first kappa shape index (κ1) is 20.7. The van der Waals surface area contributed by atoms with Gasteiger partial charge in [-0.2, -0.15) is 0 Å². The van der Waals surface area contributed by atoms with Crippen molar-refractivity contribution in [2.45, 2.75) is 65.7 Å². The quantitative estimate of drug-likeness (QED) is 0.700. The Morgan fingerprint density at radius 3 is 2.14 bits per heavy atom. The molecule has 0 saturated carbocycles. The van der Waals surface area contributed by atoms with Crippen LogP contribution in [0.15, 0.2) is 0 Å². The van der Waals surface area contributed by atoms with E-state index in [0.717, 1.165) is 51.4 Å². The molecule has 1 aliphatic heterocycles. The van der Waals surface area contributed by atoms with Crippen LogP contribution in [0.25, 0.3) is 0 Å². The predicted molar refractivity (Wildman–Crippen MR) is 93.0 cm³/mol. The summed E-state index contributed by atoms with van der Waals surface area (Å²) in [6, 6.07) is 0. The first-order valence-electron chi connectivity index (χ1n) is 8.67. The fourth-order valence-electron chi connectivity index (χ4n) is 3.04. The predicted octanol–water partition coefficient (Wildman–Crippen LogP) is 3.86. The Balaban J connectivity index is 0.00000400. The number of hydrogen-bond acceptors (Lipinski definition) is 2. The van der Waals surface area contributed by atoms with E-state index in [2.05, 4.69) is 31.0 Å². The van der Waals surface area contributed by atoms with E-state index >= 15 is 0 Å². The van der Waals surface area contributed by atoms with E-state index in [1.807, 2.05) is 0 Å².